The lowest BCUT2D eigenvalue weighted by Crippen LogP contribution is -2.31. The predicted molar refractivity (Wildman–Crippen MR) is 75.7 cm³/mol. The SMILES string of the molecule is Cc1ccc(CN2C(=O)C(N)c3ccc(F)cc32)cc1. The van der Waals surface area contributed by atoms with Crippen LogP contribution in [-0.4, -0.2) is 5.91 Å². The summed E-state index contributed by atoms with van der Waals surface area (Å²) >= 11 is 0. The predicted octanol–water partition coefficient (Wildman–Crippen LogP) is 2.68. The summed E-state index contributed by atoms with van der Waals surface area (Å²) < 4.78 is 13.4. The van der Waals surface area contributed by atoms with E-state index in [0.29, 0.717) is 17.8 Å². The molecule has 0 radical (unpaired) electrons. The average molecular weight is 270 g/mol. The lowest BCUT2D eigenvalue weighted by Gasteiger charge is -2.18. The van der Waals surface area contributed by atoms with Crippen LogP contribution in [0.1, 0.15) is 22.7 Å². The minimum atomic E-state index is -0.698. The van der Waals surface area contributed by atoms with Gasteiger partial charge in [0, 0.05) is 5.56 Å². The van der Waals surface area contributed by atoms with Gasteiger partial charge in [0.25, 0.3) is 0 Å². The van der Waals surface area contributed by atoms with E-state index in [-0.39, 0.29) is 11.7 Å². The first-order chi connectivity index (χ1) is 9.56. The maximum Gasteiger partial charge on any atom is 0.248 e. The van der Waals surface area contributed by atoms with Gasteiger partial charge in [0.2, 0.25) is 5.91 Å². The molecule has 2 aromatic carbocycles. The third-order valence-electron chi connectivity index (χ3n) is 3.61. The number of carbonyl (C=O) groups excluding carboxylic acids is 1. The molecule has 1 amide bonds. The van der Waals surface area contributed by atoms with E-state index in [4.69, 9.17) is 5.73 Å². The van der Waals surface area contributed by atoms with Crippen LogP contribution in [0, 0.1) is 12.7 Å². The van der Waals surface area contributed by atoms with E-state index in [2.05, 4.69) is 0 Å². The Labute approximate surface area is 116 Å². The van der Waals surface area contributed by atoms with Gasteiger partial charge in [-0.3, -0.25) is 4.79 Å². The third kappa shape index (κ3) is 2.08. The van der Waals surface area contributed by atoms with Crippen LogP contribution < -0.4 is 10.6 Å². The number of halogens is 1. The molecule has 0 fully saturated rings. The Bertz CT molecular complexity index is 667. The van der Waals surface area contributed by atoms with Crippen molar-refractivity contribution in [3.05, 3.63) is 65.0 Å². The number of anilines is 1. The van der Waals surface area contributed by atoms with Crippen LogP contribution in [0.25, 0.3) is 0 Å². The van der Waals surface area contributed by atoms with Gasteiger partial charge in [0.15, 0.2) is 0 Å². The van der Waals surface area contributed by atoms with Crippen molar-refractivity contribution >= 4 is 11.6 Å². The molecule has 0 saturated carbocycles. The summed E-state index contributed by atoms with van der Waals surface area (Å²) in [4.78, 5) is 13.8. The largest absolute Gasteiger partial charge is 0.316 e. The number of nitrogens with two attached hydrogens (primary N) is 1. The zero-order valence-corrected chi connectivity index (χ0v) is 11.1. The molecule has 1 unspecified atom stereocenters. The highest BCUT2D eigenvalue weighted by molar-refractivity contribution is 6.04. The van der Waals surface area contributed by atoms with E-state index in [1.807, 2.05) is 31.2 Å². The van der Waals surface area contributed by atoms with E-state index in [1.54, 1.807) is 11.0 Å². The summed E-state index contributed by atoms with van der Waals surface area (Å²) in [6.07, 6.45) is 0. The third-order valence-corrected chi connectivity index (χ3v) is 3.61. The van der Waals surface area contributed by atoms with Crippen molar-refractivity contribution in [2.45, 2.75) is 19.5 Å². The van der Waals surface area contributed by atoms with E-state index in [9.17, 15) is 9.18 Å². The normalized spacial score (nSPS) is 17.4. The van der Waals surface area contributed by atoms with Crippen LogP contribution in [0.5, 0.6) is 0 Å². The number of hydrogen-bond acceptors (Lipinski definition) is 2. The Kier molecular flexibility index (Phi) is 3.03. The highest BCUT2D eigenvalue weighted by Gasteiger charge is 2.34. The molecule has 3 nitrogen and oxygen atoms in total. The first kappa shape index (κ1) is 12.8. The Morgan fingerprint density at radius 2 is 1.90 bits per heavy atom. The Hall–Kier alpha value is -2.20. The average Bonchev–Trinajstić information content (AvgIpc) is 2.66. The smallest absolute Gasteiger partial charge is 0.248 e. The van der Waals surface area contributed by atoms with E-state index < -0.39 is 6.04 Å². The van der Waals surface area contributed by atoms with Gasteiger partial charge < -0.3 is 10.6 Å². The molecule has 102 valence electrons. The van der Waals surface area contributed by atoms with Gasteiger partial charge >= 0.3 is 0 Å². The molecule has 2 N–H and O–H groups in total. The Morgan fingerprint density at radius 3 is 2.60 bits per heavy atom. The van der Waals surface area contributed by atoms with Crippen LogP contribution >= 0.6 is 0 Å². The summed E-state index contributed by atoms with van der Waals surface area (Å²) in [5, 5.41) is 0. The van der Waals surface area contributed by atoms with Gasteiger partial charge in [0.05, 0.1) is 12.2 Å². The van der Waals surface area contributed by atoms with Gasteiger partial charge in [0.1, 0.15) is 11.9 Å². The number of fused-ring (bicyclic) bond motifs is 1. The quantitative estimate of drug-likeness (QED) is 0.912. The van der Waals surface area contributed by atoms with Gasteiger partial charge in [-0.1, -0.05) is 35.9 Å². The lowest BCUT2D eigenvalue weighted by atomic mass is 10.1. The number of carbonyl (C=O) groups is 1. The molecule has 1 aliphatic rings. The van der Waals surface area contributed by atoms with Gasteiger partial charge in [-0.25, -0.2) is 4.39 Å². The molecule has 0 bridgehead atoms. The van der Waals surface area contributed by atoms with Crippen molar-refractivity contribution < 1.29 is 9.18 Å². The monoisotopic (exact) mass is 270 g/mol. The second-order valence-electron chi connectivity index (χ2n) is 5.09. The standard InChI is InChI=1S/C16H15FN2O/c1-10-2-4-11(5-3-10)9-19-14-8-12(17)6-7-13(14)15(18)16(19)20/h2-8,15H,9,18H2,1H3. The van der Waals surface area contributed by atoms with Crippen molar-refractivity contribution in [2.75, 3.05) is 4.90 Å². The van der Waals surface area contributed by atoms with Crippen molar-refractivity contribution in [3.8, 4) is 0 Å². The highest BCUT2D eigenvalue weighted by atomic mass is 19.1. The molecule has 3 rings (SSSR count). The molecule has 2 aromatic rings. The van der Waals surface area contributed by atoms with E-state index in [0.717, 1.165) is 11.1 Å². The second-order valence-corrected chi connectivity index (χ2v) is 5.09. The minimum Gasteiger partial charge on any atom is -0.316 e. The fraction of sp³-hybridized carbons (Fsp3) is 0.188. The molecule has 1 heterocycles. The molecule has 4 heteroatoms. The van der Waals surface area contributed by atoms with E-state index in [1.165, 1.54) is 12.1 Å². The first-order valence-electron chi connectivity index (χ1n) is 6.48. The zero-order chi connectivity index (χ0) is 14.3. The van der Waals surface area contributed by atoms with Crippen LogP contribution in [0.15, 0.2) is 42.5 Å². The number of amides is 1. The number of nitrogens with zero attached hydrogens (tertiary/aromatic N) is 1. The van der Waals surface area contributed by atoms with Gasteiger partial charge in [-0.2, -0.15) is 0 Å². The van der Waals surface area contributed by atoms with Crippen LogP contribution in [-0.2, 0) is 11.3 Å². The molecule has 0 aliphatic carbocycles. The summed E-state index contributed by atoms with van der Waals surface area (Å²) in [6.45, 7) is 2.41. The van der Waals surface area contributed by atoms with Crippen molar-refractivity contribution in [1.82, 2.24) is 0 Å². The zero-order valence-electron chi connectivity index (χ0n) is 11.1. The summed E-state index contributed by atoms with van der Waals surface area (Å²) in [6, 6.07) is 11.5. The Morgan fingerprint density at radius 1 is 1.20 bits per heavy atom. The molecule has 1 atom stereocenters. The molecule has 0 saturated heterocycles. The van der Waals surface area contributed by atoms with Gasteiger partial charge in [-0.15, -0.1) is 0 Å². The topological polar surface area (TPSA) is 46.3 Å². The molecular weight excluding hydrogens is 255 g/mol. The first-order valence-corrected chi connectivity index (χ1v) is 6.48. The number of rotatable bonds is 2. The van der Waals surface area contributed by atoms with Crippen LogP contribution in [0.4, 0.5) is 10.1 Å². The maximum absolute atomic E-state index is 13.4. The minimum absolute atomic E-state index is 0.189. The number of aryl methyl sites for hydroxylation is 1. The second kappa shape index (κ2) is 4.72. The Balaban J connectivity index is 1.96. The number of hydrogen-bond donors (Lipinski definition) is 1. The fourth-order valence-corrected chi connectivity index (χ4v) is 2.47. The van der Waals surface area contributed by atoms with Crippen molar-refractivity contribution in [2.24, 2.45) is 5.73 Å². The summed E-state index contributed by atoms with van der Waals surface area (Å²) in [7, 11) is 0. The fourth-order valence-electron chi connectivity index (χ4n) is 2.47. The van der Waals surface area contributed by atoms with E-state index >= 15 is 0 Å². The maximum atomic E-state index is 13.4. The van der Waals surface area contributed by atoms with Crippen LogP contribution in [0.2, 0.25) is 0 Å². The lowest BCUT2D eigenvalue weighted by molar-refractivity contribution is -0.119. The molecule has 20 heavy (non-hydrogen) atoms. The van der Waals surface area contributed by atoms with Crippen molar-refractivity contribution in [1.29, 1.82) is 0 Å². The highest BCUT2D eigenvalue weighted by Crippen LogP contribution is 2.35. The molecule has 0 spiro atoms. The molecule has 0 aromatic heterocycles. The summed E-state index contributed by atoms with van der Waals surface area (Å²) in [5.74, 6) is -0.550. The number of benzene rings is 2. The summed E-state index contributed by atoms with van der Waals surface area (Å²) in [5.41, 5.74) is 9.30. The van der Waals surface area contributed by atoms with Gasteiger partial charge in [-0.05, 0) is 24.6 Å². The molecule has 1 aliphatic heterocycles. The van der Waals surface area contributed by atoms with Crippen molar-refractivity contribution in [3.63, 3.8) is 0 Å². The molecular formula is C16H15FN2O. The van der Waals surface area contributed by atoms with Crippen LogP contribution in [0.3, 0.4) is 0 Å².